The van der Waals surface area contributed by atoms with E-state index in [0.717, 1.165) is 66.6 Å². The third-order valence-electron chi connectivity index (χ3n) is 5.95. The van der Waals surface area contributed by atoms with E-state index in [1.807, 2.05) is 31.9 Å². The van der Waals surface area contributed by atoms with Gasteiger partial charge in [-0.15, -0.1) is 0 Å². The van der Waals surface area contributed by atoms with Crippen LogP contribution in [0.15, 0.2) is 10.7 Å². The molecule has 0 aromatic carbocycles. The lowest BCUT2D eigenvalue weighted by molar-refractivity contribution is -0.140. The fraction of sp³-hybridized carbons (Fsp3) is 0.600. The summed E-state index contributed by atoms with van der Waals surface area (Å²) in [5, 5.41) is 4.05. The molecule has 5 heterocycles. The lowest BCUT2D eigenvalue weighted by Gasteiger charge is -2.36. The topological polar surface area (TPSA) is 75.4 Å². The summed E-state index contributed by atoms with van der Waals surface area (Å²) in [5.41, 5.74) is 3.05. The fourth-order valence-corrected chi connectivity index (χ4v) is 4.33. The van der Waals surface area contributed by atoms with Crippen LogP contribution in [0.5, 0.6) is 0 Å². The van der Waals surface area contributed by atoms with Gasteiger partial charge in [-0.1, -0.05) is 12.1 Å². The zero-order valence-corrected chi connectivity index (χ0v) is 16.5. The number of aryl methyl sites for hydroxylation is 4. The van der Waals surface area contributed by atoms with Gasteiger partial charge < -0.3 is 14.3 Å². The second-order valence-corrected chi connectivity index (χ2v) is 7.72. The molecule has 2 bridgehead atoms. The second kappa shape index (κ2) is 6.94. The van der Waals surface area contributed by atoms with Crippen LogP contribution in [0, 0.1) is 26.7 Å². The maximum Gasteiger partial charge on any atom is 0.228 e. The summed E-state index contributed by atoms with van der Waals surface area (Å²) in [5.74, 6) is 2.84. The van der Waals surface area contributed by atoms with Crippen molar-refractivity contribution in [3.8, 4) is 0 Å². The van der Waals surface area contributed by atoms with Gasteiger partial charge in [0.2, 0.25) is 5.91 Å². The van der Waals surface area contributed by atoms with Gasteiger partial charge in [0.05, 0.1) is 18.2 Å². The number of amides is 1. The minimum Gasteiger partial charge on any atom is -0.361 e. The van der Waals surface area contributed by atoms with Crippen LogP contribution in [-0.2, 0) is 17.8 Å². The van der Waals surface area contributed by atoms with E-state index in [1.54, 1.807) is 0 Å². The smallest absolute Gasteiger partial charge is 0.228 e. The minimum absolute atomic E-state index is 0.0178. The molecule has 1 amide bonds. The Morgan fingerprint density at radius 3 is 2.74 bits per heavy atom. The van der Waals surface area contributed by atoms with Crippen LogP contribution in [0.3, 0.4) is 0 Å². The Morgan fingerprint density at radius 2 is 2.04 bits per heavy atom. The van der Waals surface area contributed by atoms with Crippen molar-refractivity contribution in [1.82, 2.24) is 20.0 Å². The summed E-state index contributed by atoms with van der Waals surface area (Å²) in [6, 6.07) is 0.185. The van der Waals surface area contributed by atoms with Crippen LogP contribution in [0.4, 0.5) is 5.82 Å². The highest BCUT2D eigenvalue weighted by atomic mass is 16.5. The van der Waals surface area contributed by atoms with E-state index >= 15 is 0 Å². The number of aromatic nitrogens is 3. The SMILES string of the molecule is CCc1cnc(C)nc1N1C[C@@H]2CC[C@H](C1)N(Cc1c(C)noc1C)C2=O. The summed E-state index contributed by atoms with van der Waals surface area (Å²) < 4.78 is 5.30. The molecule has 7 nitrogen and oxygen atoms in total. The molecular weight excluding hydrogens is 342 g/mol. The van der Waals surface area contributed by atoms with Gasteiger partial charge in [0.1, 0.15) is 17.4 Å². The molecule has 0 spiro atoms. The summed E-state index contributed by atoms with van der Waals surface area (Å²) in [7, 11) is 0. The summed E-state index contributed by atoms with van der Waals surface area (Å²) in [4.78, 5) is 26.6. The van der Waals surface area contributed by atoms with Gasteiger partial charge in [0.25, 0.3) is 0 Å². The lowest BCUT2D eigenvalue weighted by atomic mass is 9.93. The molecule has 3 aliphatic rings. The maximum atomic E-state index is 13.2. The van der Waals surface area contributed by atoms with Crippen LogP contribution in [0.1, 0.15) is 48.2 Å². The quantitative estimate of drug-likeness (QED) is 0.825. The van der Waals surface area contributed by atoms with Crippen molar-refractivity contribution in [3.05, 3.63) is 34.6 Å². The minimum atomic E-state index is 0.0178. The Hall–Kier alpha value is -2.44. The number of fused-ring (bicyclic) bond motifs is 4. The van der Waals surface area contributed by atoms with Crippen molar-refractivity contribution in [3.63, 3.8) is 0 Å². The van der Waals surface area contributed by atoms with Crippen LogP contribution in [0.2, 0.25) is 0 Å². The summed E-state index contributed by atoms with van der Waals surface area (Å²) in [6.45, 7) is 10.0. The standard InChI is InChI=1S/C20H27N5O2/c1-5-15-8-21-14(4)22-19(15)24-9-16-6-7-17(10-24)25(20(16)26)11-18-12(2)23-27-13(18)3/h8,16-17H,5-7,9-11H2,1-4H3/t16-,17+/m0/s1. The predicted molar refractivity (Wildman–Crippen MR) is 101 cm³/mol. The molecule has 0 N–H and O–H groups in total. The van der Waals surface area contributed by atoms with Crippen molar-refractivity contribution >= 4 is 11.7 Å². The molecule has 144 valence electrons. The van der Waals surface area contributed by atoms with E-state index in [0.29, 0.717) is 6.54 Å². The first kappa shape index (κ1) is 17.9. The Bertz CT molecular complexity index is 843. The van der Waals surface area contributed by atoms with Crippen molar-refractivity contribution in [2.24, 2.45) is 5.92 Å². The lowest BCUT2D eigenvalue weighted by Crippen LogP contribution is -2.47. The maximum absolute atomic E-state index is 13.2. The largest absolute Gasteiger partial charge is 0.361 e. The Kier molecular flexibility index (Phi) is 4.61. The van der Waals surface area contributed by atoms with E-state index in [2.05, 4.69) is 22.0 Å². The number of piperidine rings is 1. The molecule has 0 aliphatic carbocycles. The first-order valence-electron chi connectivity index (χ1n) is 9.77. The molecule has 3 fully saturated rings. The predicted octanol–water partition coefficient (Wildman–Crippen LogP) is 2.58. The average molecular weight is 369 g/mol. The van der Waals surface area contributed by atoms with E-state index in [-0.39, 0.29) is 17.9 Å². The van der Waals surface area contributed by atoms with Gasteiger partial charge >= 0.3 is 0 Å². The molecule has 0 radical (unpaired) electrons. The van der Waals surface area contributed by atoms with Crippen LogP contribution >= 0.6 is 0 Å². The van der Waals surface area contributed by atoms with Gasteiger partial charge in [0.15, 0.2) is 0 Å². The van der Waals surface area contributed by atoms with Crippen molar-refractivity contribution in [2.75, 3.05) is 18.0 Å². The number of hydrogen-bond donors (Lipinski definition) is 0. The van der Waals surface area contributed by atoms with E-state index in [1.165, 1.54) is 0 Å². The molecule has 0 unspecified atom stereocenters. The zero-order valence-electron chi connectivity index (χ0n) is 16.5. The highest BCUT2D eigenvalue weighted by molar-refractivity contribution is 5.81. The Labute approximate surface area is 159 Å². The molecule has 3 saturated heterocycles. The molecule has 5 rings (SSSR count). The number of rotatable bonds is 4. The van der Waals surface area contributed by atoms with Gasteiger partial charge in [-0.25, -0.2) is 9.97 Å². The number of nitrogens with zero attached hydrogens (tertiary/aromatic N) is 5. The number of carbonyl (C=O) groups is 1. The van der Waals surface area contributed by atoms with Crippen LogP contribution in [0.25, 0.3) is 0 Å². The molecule has 0 saturated carbocycles. The van der Waals surface area contributed by atoms with Crippen molar-refractivity contribution in [2.45, 2.75) is 59.5 Å². The normalized spacial score (nSPS) is 22.4. The average Bonchev–Trinajstić information content (AvgIpc) is 2.83. The molecule has 27 heavy (non-hydrogen) atoms. The number of carbonyl (C=O) groups excluding carboxylic acids is 1. The molecule has 2 aromatic rings. The monoisotopic (exact) mass is 369 g/mol. The third-order valence-corrected chi connectivity index (χ3v) is 5.95. The van der Waals surface area contributed by atoms with Crippen LogP contribution < -0.4 is 4.90 Å². The van der Waals surface area contributed by atoms with Crippen LogP contribution in [-0.4, -0.2) is 45.1 Å². The third kappa shape index (κ3) is 3.19. The summed E-state index contributed by atoms with van der Waals surface area (Å²) in [6.07, 6.45) is 4.79. The summed E-state index contributed by atoms with van der Waals surface area (Å²) >= 11 is 0. The van der Waals surface area contributed by atoms with E-state index in [4.69, 9.17) is 9.51 Å². The van der Waals surface area contributed by atoms with Gasteiger partial charge in [-0.05, 0) is 40.0 Å². The fourth-order valence-electron chi connectivity index (χ4n) is 4.33. The number of anilines is 1. The second-order valence-electron chi connectivity index (χ2n) is 7.72. The Morgan fingerprint density at radius 1 is 1.22 bits per heavy atom. The van der Waals surface area contributed by atoms with Gasteiger partial charge in [0, 0.05) is 36.5 Å². The Balaban J connectivity index is 1.64. The molecular formula is C20H27N5O2. The van der Waals surface area contributed by atoms with Gasteiger partial charge in [-0.3, -0.25) is 4.79 Å². The zero-order chi connectivity index (χ0) is 19.1. The first-order chi connectivity index (χ1) is 13.0. The molecule has 7 heteroatoms. The van der Waals surface area contributed by atoms with E-state index in [9.17, 15) is 4.79 Å². The molecule has 2 aromatic heterocycles. The molecule has 3 aliphatic heterocycles. The highest BCUT2D eigenvalue weighted by Crippen LogP contribution is 2.34. The number of hydrogen-bond acceptors (Lipinski definition) is 6. The highest BCUT2D eigenvalue weighted by Gasteiger charge is 2.41. The molecule has 2 atom stereocenters. The van der Waals surface area contributed by atoms with E-state index < -0.39 is 0 Å². The van der Waals surface area contributed by atoms with Gasteiger partial charge in [-0.2, -0.15) is 0 Å². The first-order valence-corrected chi connectivity index (χ1v) is 9.77. The van der Waals surface area contributed by atoms with Crippen molar-refractivity contribution < 1.29 is 9.32 Å². The van der Waals surface area contributed by atoms with Crippen molar-refractivity contribution in [1.29, 1.82) is 0 Å².